The first-order valence-corrected chi connectivity index (χ1v) is 9.94. The van der Waals surface area contributed by atoms with Crippen LogP contribution in [0.3, 0.4) is 0 Å². The van der Waals surface area contributed by atoms with E-state index in [0.717, 1.165) is 23.8 Å². The summed E-state index contributed by atoms with van der Waals surface area (Å²) in [5, 5.41) is 7.09. The number of methoxy groups -OCH3 is 3. The standard InChI is InChI=1S/C21H29N3O3S.HI/c1-15(28-17-9-7-6-8-10-17)13-23-21(22-2)24-14-16-11-19(26-4)20(27-5)12-18(16)25-3;/h6-12,15H,13-14H2,1-5H3,(H2,22,23,24);1H. The van der Waals surface area contributed by atoms with Gasteiger partial charge in [0.15, 0.2) is 17.5 Å². The zero-order chi connectivity index (χ0) is 20.4. The summed E-state index contributed by atoms with van der Waals surface area (Å²) < 4.78 is 16.2. The van der Waals surface area contributed by atoms with Crippen LogP contribution in [-0.4, -0.2) is 46.1 Å². The smallest absolute Gasteiger partial charge is 0.191 e. The lowest BCUT2D eigenvalue weighted by atomic mass is 10.1. The number of rotatable bonds is 9. The predicted molar refractivity (Wildman–Crippen MR) is 131 cm³/mol. The lowest BCUT2D eigenvalue weighted by molar-refractivity contribution is 0.347. The average molecular weight is 531 g/mol. The fraction of sp³-hybridized carbons (Fsp3) is 0.381. The van der Waals surface area contributed by atoms with Gasteiger partial charge in [-0.2, -0.15) is 0 Å². The molecule has 0 aromatic heterocycles. The van der Waals surface area contributed by atoms with Crippen LogP contribution in [0.1, 0.15) is 12.5 Å². The fourth-order valence-corrected chi connectivity index (χ4v) is 3.59. The summed E-state index contributed by atoms with van der Waals surface area (Å²) in [4.78, 5) is 5.56. The van der Waals surface area contributed by atoms with Crippen LogP contribution < -0.4 is 24.8 Å². The Bertz CT molecular complexity index is 775. The largest absolute Gasteiger partial charge is 0.496 e. The summed E-state index contributed by atoms with van der Waals surface area (Å²) in [6, 6.07) is 14.1. The van der Waals surface area contributed by atoms with Gasteiger partial charge in [0, 0.05) is 41.9 Å². The molecule has 1 atom stereocenters. The Kier molecular flexibility index (Phi) is 11.7. The zero-order valence-electron chi connectivity index (χ0n) is 17.5. The second-order valence-corrected chi connectivity index (χ2v) is 7.58. The predicted octanol–water partition coefficient (Wildman–Crippen LogP) is 4.18. The number of hydrogen-bond donors (Lipinski definition) is 2. The maximum atomic E-state index is 5.48. The van der Waals surface area contributed by atoms with Crippen LogP contribution in [0.25, 0.3) is 0 Å². The molecule has 0 radical (unpaired) electrons. The van der Waals surface area contributed by atoms with E-state index >= 15 is 0 Å². The Balaban J connectivity index is 0.00000420. The van der Waals surface area contributed by atoms with E-state index in [2.05, 4.69) is 46.8 Å². The minimum absolute atomic E-state index is 0. The summed E-state index contributed by atoms with van der Waals surface area (Å²) in [5.74, 6) is 2.76. The third-order valence-corrected chi connectivity index (χ3v) is 5.21. The van der Waals surface area contributed by atoms with Crippen molar-refractivity contribution in [3.05, 3.63) is 48.0 Å². The number of aliphatic imine (C=N–C) groups is 1. The van der Waals surface area contributed by atoms with Crippen molar-refractivity contribution in [2.24, 2.45) is 4.99 Å². The molecule has 0 fully saturated rings. The summed E-state index contributed by atoms with van der Waals surface area (Å²) in [7, 11) is 6.62. The molecule has 2 N–H and O–H groups in total. The zero-order valence-corrected chi connectivity index (χ0v) is 20.7. The van der Waals surface area contributed by atoms with Crippen LogP contribution in [0.5, 0.6) is 17.2 Å². The molecule has 2 aromatic carbocycles. The van der Waals surface area contributed by atoms with Gasteiger partial charge in [-0.25, -0.2) is 0 Å². The van der Waals surface area contributed by atoms with Gasteiger partial charge in [0.25, 0.3) is 0 Å². The Morgan fingerprint density at radius 3 is 2.17 bits per heavy atom. The van der Waals surface area contributed by atoms with Gasteiger partial charge in [-0.3, -0.25) is 4.99 Å². The Morgan fingerprint density at radius 1 is 0.966 bits per heavy atom. The molecule has 0 aliphatic rings. The molecule has 0 bridgehead atoms. The first-order chi connectivity index (χ1) is 13.6. The van der Waals surface area contributed by atoms with Crippen molar-refractivity contribution in [3.8, 4) is 17.2 Å². The molecule has 2 rings (SSSR count). The van der Waals surface area contributed by atoms with Crippen molar-refractivity contribution in [2.45, 2.75) is 23.6 Å². The topological polar surface area (TPSA) is 64.1 Å². The van der Waals surface area contributed by atoms with Crippen molar-refractivity contribution >= 4 is 41.7 Å². The monoisotopic (exact) mass is 531 g/mol. The highest BCUT2D eigenvalue weighted by molar-refractivity contribution is 14.0. The quantitative estimate of drug-likeness (QED) is 0.219. The Morgan fingerprint density at radius 2 is 1.59 bits per heavy atom. The van der Waals surface area contributed by atoms with E-state index < -0.39 is 0 Å². The fourth-order valence-electron chi connectivity index (χ4n) is 2.64. The normalized spacial score (nSPS) is 11.8. The molecule has 0 amide bonds. The molecule has 2 aromatic rings. The van der Waals surface area contributed by atoms with E-state index in [0.29, 0.717) is 23.3 Å². The third kappa shape index (κ3) is 7.85. The molecule has 160 valence electrons. The van der Waals surface area contributed by atoms with E-state index in [1.807, 2.05) is 30.0 Å². The lowest BCUT2D eigenvalue weighted by Crippen LogP contribution is -2.39. The minimum atomic E-state index is 0. The average Bonchev–Trinajstić information content (AvgIpc) is 2.73. The van der Waals surface area contributed by atoms with Crippen LogP contribution in [0.15, 0.2) is 52.4 Å². The molecule has 1 unspecified atom stereocenters. The maximum absolute atomic E-state index is 5.48. The highest BCUT2D eigenvalue weighted by atomic mass is 127. The third-order valence-electron chi connectivity index (χ3n) is 4.09. The summed E-state index contributed by atoms with van der Waals surface area (Å²) in [5.41, 5.74) is 0.954. The summed E-state index contributed by atoms with van der Waals surface area (Å²) >= 11 is 1.83. The highest BCUT2D eigenvalue weighted by Gasteiger charge is 2.12. The van der Waals surface area contributed by atoms with Crippen molar-refractivity contribution in [3.63, 3.8) is 0 Å². The molecule has 0 heterocycles. The van der Waals surface area contributed by atoms with Gasteiger partial charge in [-0.1, -0.05) is 25.1 Å². The molecule has 0 aliphatic carbocycles. The number of nitrogens with zero attached hydrogens (tertiary/aromatic N) is 1. The van der Waals surface area contributed by atoms with Gasteiger partial charge in [0.1, 0.15) is 5.75 Å². The van der Waals surface area contributed by atoms with E-state index in [4.69, 9.17) is 14.2 Å². The number of thioether (sulfide) groups is 1. The summed E-state index contributed by atoms with van der Waals surface area (Å²) in [6.07, 6.45) is 0. The minimum Gasteiger partial charge on any atom is -0.496 e. The van der Waals surface area contributed by atoms with Gasteiger partial charge in [0.05, 0.1) is 21.3 Å². The molecule has 0 spiro atoms. The Labute approximate surface area is 194 Å². The van der Waals surface area contributed by atoms with E-state index in [-0.39, 0.29) is 24.0 Å². The SMILES string of the molecule is CN=C(NCc1cc(OC)c(OC)cc1OC)NCC(C)Sc1ccccc1.I. The highest BCUT2D eigenvalue weighted by Crippen LogP contribution is 2.34. The van der Waals surface area contributed by atoms with E-state index in [9.17, 15) is 0 Å². The van der Waals surface area contributed by atoms with Gasteiger partial charge < -0.3 is 24.8 Å². The van der Waals surface area contributed by atoms with Crippen molar-refractivity contribution in [1.82, 2.24) is 10.6 Å². The number of benzene rings is 2. The van der Waals surface area contributed by atoms with Crippen molar-refractivity contribution < 1.29 is 14.2 Å². The van der Waals surface area contributed by atoms with Crippen LogP contribution >= 0.6 is 35.7 Å². The van der Waals surface area contributed by atoms with Crippen LogP contribution in [0, 0.1) is 0 Å². The second kappa shape index (κ2) is 13.4. The second-order valence-electron chi connectivity index (χ2n) is 6.07. The van der Waals surface area contributed by atoms with Crippen LogP contribution in [-0.2, 0) is 6.54 Å². The molecule has 6 nitrogen and oxygen atoms in total. The molecule has 29 heavy (non-hydrogen) atoms. The number of guanidine groups is 1. The lowest BCUT2D eigenvalue weighted by Gasteiger charge is -2.18. The number of hydrogen-bond acceptors (Lipinski definition) is 5. The maximum Gasteiger partial charge on any atom is 0.191 e. The van der Waals surface area contributed by atoms with E-state index in [1.54, 1.807) is 28.4 Å². The van der Waals surface area contributed by atoms with Crippen LogP contribution in [0.2, 0.25) is 0 Å². The van der Waals surface area contributed by atoms with Gasteiger partial charge in [-0.15, -0.1) is 35.7 Å². The summed E-state index contributed by atoms with van der Waals surface area (Å²) in [6.45, 7) is 3.53. The van der Waals surface area contributed by atoms with Crippen molar-refractivity contribution in [1.29, 1.82) is 0 Å². The molecular weight excluding hydrogens is 501 g/mol. The Hall–Kier alpha value is -1.81. The van der Waals surface area contributed by atoms with E-state index in [1.165, 1.54) is 4.90 Å². The number of nitrogens with one attached hydrogen (secondary N) is 2. The van der Waals surface area contributed by atoms with Crippen molar-refractivity contribution in [2.75, 3.05) is 34.9 Å². The number of halogens is 1. The molecule has 0 aliphatic heterocycles. The van der Waals surface area contributed by atoms with Gasteiger partial charge in [-0.05, 0) is 18.2 Å². The van der Waals surface area contributed by atoms with Gasteiger partial charge in [0.2, 0.25) is 0 Å². The first kappa shape index (κ1) is 25.2. The van der Waals surface area contributed by atoms with Gasteiger partial charge >= 0.3 is 0 Å². The molecule has 0 saturated carbocycles. The molecule has 8 heteroatoms. The molecule has 0 saturated heterocycles. The first-order valence-electron chi connectivity index (χ1n) is 9.06. The van der Waals surface area contributed by atoms with Crippen LogP contribution in [0.4, 0.5) is 0 Å². The number of ether oxygens (including phenoxy) is 3. The molecular formula is C21H30IN3O3S.